The van der Waals surface area contributed by atoms with Gasteiger partial charge in [0, 0.05) is 43.5 Å². The number of aromatic nitrogens is 5. The van der Waals surface area contributed by atoms with Crippen LogP contribution in [-0.2, 0) is 10.3 Å². The number of nitrogens with two attached hydrogens (primary N) is 1. The molecule has 4 aromatic heterocycles. The molecule has 192 valence electrons. The third-order valence-electron chi connectivity index (χ3n) is 7.35. The van der Waals surface area contributed by atoms with Crippen molar-refractivity contribution in [3.8, 4) is 16.9 Å². The monoisotopic (exact) mass is 500 g/mol. The van der Waals surface area contributed by atoms with Crippen molar-refractivity contribution in [2.45, 2.75) is 25.3 Å². The molecule has 10 heteroatoms. The lowest BCUT2D eigenvalue weighted by Gasteiger charge is -2.39. The van der Waals surface area contributed by atoms with Crippen LogP contribution in [0.1, 0.15) is 25.5 Å². The minimum atomic E-state index is -0.436. The number of nitrogens with zero attached hydrogens (tertiary/aromatic N) is 5. The van der Waals surface area contributed by atoms with Gasteiger partial charge in [0.1, 0.15) is 5.75 Å². The maximum absolute atomic E-state index is 6.91. The summed E-state index contributed by atoms with van der Waals surface area (Å²) < 4.78 is 12.9. The average Bonchev–Trinajstić information content (AvgIpc) is 3.52. The predicted octanol–water partition coefficient (Wildman–Crippen LogP) is 2.94. The average molecular weight is 501 g/mol. The van der Waals surface area contributed by atoms with E-state index in [4.69, 9.17) is 20.2 Å². The molecular weight excluding hydrogens is 468 g/mol. The minimum absolute atomic E-state index is 0.436. The summed E-state index contributed by atoms with van der Waals surface area (Å²) in [6.45, 7) is 6.16. The topological polar surface area (TPSA) is 119 Å². The first kappa shape index (κ1) is 23.5. The number of hydrogen-bond donors (Lipinski definition) is 3. The van der Waals surface area contributed by atoms with Gasteiger partial charge in [0.05, 0.1) is 48.2 Å². The van der Waals surface area contributed by atoms with Gasteiger partial charge in [-0.3, -0.25) is 15.0 Å². The van der Waals surface area contributed by atoms with Crippen LogP contribution in [0.2, 0.25) is 0 Å². The molecule has 0 bridgehead atoms. The van der Waals surface area contributed by atoms with Gasteiger partial charge in [0.25, 0.3) is 0 Å². The number of hydrogen-bond acceptors (Lipinski definition) is 8. The fraction of sp³-hybridized carbons (Fsp3) is 0.370. The molecule has 37 heavy (non-hydrogen) atoms. The lowest BCUT2D eigenvalue weighted by molar-refractivity contribution is 0.168. The van der Waals surface area contributed by atoms with E-state index in [0.717, 1.165) is 84.0 Å². The fourth-order valence-electron chi connectivity index (χ4n) is 5.27. The molecule has 1 fully saturated rings. The summed E-state index contributed by atoms with van der Waals surface area (Å²) in [7, 11) is 1.68. The van der Waals surface area contributed by atoms with Gasteiger partial charge in [0.2, 0.25) is 0 Å². The Morgan fingerprint density at radius 3 is 2.73 bits per heavy atom. The van der Waals surface area contributed by atoms with Crippen LogP contribution in [-0.4, -0.2) is 69.6 Å². The zero-order chi connectivity index (χ0) is 25.4. The highest BCUT2D eigenvalue weighted by Crippen LogP contribution is 2.35. The lowest BCUT2D eigenvalue weighted by Crippen LogP contribution is -2.49. The summed E-state index contributed by atoms with van der Waals surface area (Å²) in [5.74, 6) is 1.57. The zero-order valence-corrected chi connectivity index (χ0v) is 21.2. The summed E-state index contributed by atoms with van der Waals surface area (Å²) in [6, 6.07) is 6.22. The van der Waals surface area contributed by atoms with E-state index in [2.05, 4.69) is 43.7 Å². The molecule has 0 spiro atoms. The number of allylic oxidation sites excluding steroid dienone is 2. The fourth-order valence-corrected chi connectivity index (χ4v) is 5.27. The highest BCUT2D eigenvalue weighted by Gasteiger charge is 2.34. The van der Waals surface area contributed by atoms with Crippen LogP contribution in [0.15, 0.2) is 60.4 Å². The molecular formula is C27H32N8O2. The first-order valence-electron chi connectivity index (χ1n) is 12.7. The number of H-pyrrole nitrogens is 1. The van der Waals surface area contributed by atoms with Crippen LogP contribution in [0.25, 0.3) is 27.7 Å². The van der Waals surface area contributed by atoms with Crippen molar-refractivity contribution in [3.05, 3.63) is 66.1 Å². The SMILES string of the molecule is CCOc1cc(-c2ccc(C3(N)CCN(CC4=CC=C(OC)NC4)CC3)nc2)c2c3cn[nH]c3nn2c1. The smallest absolute Gasteiger partial charge is 0.186 e. The Labute approximate surface area is 215 Å². The molecule has 0 atom stereocenters. The van der Waals surface area contributed by atoms with E-state index < -0.39 is 5.54 Å². The standard InChI is InChI=1S/C27H32N8O2/c1-3-37-20-12-21(25-22-15-31-32-26(22)33-35(25)17-20)19-5-6-23(29-14-19)27(28)8-10-34(11-9-27)16-18-4-7-24(36-2)30-13-18/h4-7,12,14-15,17,30H,3,8-11,13,16,28H2,1-2H3,(H,32,33). The summed E-state index contributed by atoms with van der Waals surface area (Å²) in [5, 5.41) is 16.0. The number of dihydropyridines is 1. The summed E-state index contributed by atoms with van der Waals surface area (Å²) in [4.78, 5) is 7.33. The Morgan fingerprint density at radius 2 is 2.03 bits per heavy atom. The number of fused-ring (bicyclic) bond motifs is 3. The van der Waals surface area contributed by atoms with E-state index in [1.165, 1.54) is 5.57 Å². The number of rotatable bonds is 7. The number of piperidine rings is 1. The van der Waals surface area contributed by atoms with Crippen molar-refractivity contribution in [1.82, 2.24) is 35.0 Å². The number of likely N-dealkylation sites (tertiary alicyclic amines) is 1. The third kappa shape index (κ3) is 4.42. The van der Waals surface area contributed by atoms with Gasteiger partial charge in [-0.15, -0.1) is 5.10 Å². The second-order valence-corrected chi connectivity index (χ2v) is 9.73. The maximum Gasteiger partial charge on any atom is 0.186 e. The molecule has 6 heterocycles. The van der Waals surface area contributed by atoms with E-state index in [0.29, 0.717) is 6.61 Å². The Hall–Kier alpha value is -3.89. The number of aromatic amines is 1. The summed E-state index contributed by atoms with van der Waals surface area (Å²) >= 11 is 0. The van der Waals surface area contributed by atoms with Crippen molar-refractivity contribution >= 4 is 16.6 Å². The predicted molar refractivity (Wildman–Crippen MR) is 142 cm³/mol. The molecule has 0 aliphatic carbocycles. The highest BCUT2D eigenvalue weighted by molar-refractivity contribution is 6.00. The molecule has 4 aromatic rings. The van der Waals surface area contributed by atoms with Crippen molar-refractivity contribution in [1.29, 1.82) is 0 Å². The van der Waals surface area contributed by atoms with Crippen LogP contribution >= 0.6 is 0 Å². The van der Waals surface area contributed by atoms with Gasteiger partial charge in [0.15, 0.2) is 11.5 Å². The molecule has 2 aliphatic heterocycles. The molecule has 0 saturated carbocycles. The molecule has 2 aliphatic rings. The summed E-state index contributed by atoms with van der Waals surface area (Å²) in [6.07, 6.45) is 11.5. The lowest BCUT2D eigenvalue weighted by atomic mass is 9.84. The summed E-state index contributed by atoms with van der Waals surface area (Å²) in [5.41, 5.74) is 12.4. The van der Waals surface area contributed by atoms with Gasteiger partial charge in [-0.1, -0.05) is 12.1 Å². The Bertz CT molecular complexity index is 1480. The second-order valence-electron chi connectivity index (χ2n) is 9.73. The largest absolute Gasteiger partial charge is 0.492 e. The molecule has 6 rings (SSSR count). The molecule has 1 saturated heterocycles. The first-order chi connectivity index (χ1) is 18.1. The van der Waals surface area contributed by atoms with E-state index in [9.17, 15) is 0 Å². The Balaban J connectivity index is 1.21. The van der Waals surface area contributed by atoms with Gasteiger partial charge >= 0.3 is 0 Å². The van der Waals surface area contributed by atoms with Crippen LogP contribution in [0.5, 0.6) is 5.75 Å². The minimum Gasteiger partial charge on any atom is -0.492 e. The van der Waals surface area contributed by atoms with Crippen LogP contribution < -0.4 is 15.8 Å². The second kappa shape index (κ2) is 9.53. The number of methoxy groups -OCH3 is 1. The number of pyridine rings is 2. The van der Waals surface area contributed by atoms with Crippen molar-refractivity contribution < 1.29 is 9.47 Å². The van der Waals surface area contributed by atoms with E-state index in [1.54, 1.807) is 13.3 Å². The van der Waals surface area contributed by atoms with Crippen molar-refractivity contribution in [2.24, 2.45) is 5.73 Å². The number of nitrogens with one attached hydrogen (secondary N) is 2. The van der Waals surface area contributed by atoms with Gasteiger partial charge < -0.3 is 20.5 Å². The van der Waals surface area contributed by atoms with E-state index in [1.807, 2.05) is 36.0 Å². The van der Waals surface area contributed by atoms with Gasteiger partial charge in [-0.05, 0) is 43.5 Å². The quantitative estimate of drug-likeness (QED) is 0.355. The number of ether oxygens (including phenoxy) is 2. The molecule has 0 radical (unpaired) electrons. The third-order valence-corrected chi connectivity index (χ3v) is 7.35. The van der Waals surface area contributed by atoms with E-state index >= 15 is 0 Å². The molecule has 0 unspecified atom stereocenters. The molecule has 4 N–H and O–H groups in total. The zero-order valence-electron chi connectivity index (χ0n) is 21.2. The van der Waals surface area contributed by atoms with Gasteiger partial charge in [-0.2, -0.15) is 5.10 Å². The molecule has 0 amide bonds. The Kier molecular flexibility index (Phi) is 6.05. The molecule has 0 aromatic carbocycles. The maximum atomic E-state index is 6.91. The van der Waals surface area contributed by atoms with Gasteiger partial charge in [-0.25, -0.2) is 4.52 Å². The van der Waals surface area contributed by atoms with Crippen LogP contribution in [0.3, 0.4) is 0 Å². The molecule has 10 nitrogen and oxygen atoms in total. The van der Waals surface area contributed by atoms with E-state index in [-0.39, 0.29) is 0 Å². The Morgan fingerprint density at radius 1 is 1.16 bits per heavy atom. The highest BCUT2D eigenvalue weighted by atomic mass is 16.5. The first-order valence-corrected chi connectivity index (χ1v) is 12.7. The normalized spacial score (nSPS) is 17.9. The van der Waals surface area contributed by atoms with Crippen molar-refractivity contribution in [2.75, 3.05) is 39.9 Å². The van der Waals surface area contributed by atoms with Crippen molar-refractivity contribution in [3.63, 3.8) is 0 Å². The van der Waals surface area contributed by atoms with Crippen LogP contribution in [0, 0.1) is 0 Å². The van der Waals surface area contributed by atoms with Crippen LogP contribution in [0.4, 0.5) is 0 Å².